The van der Waals surface area contributed by atoms with Gasteiger partial charge in [0.1, 0.15) is 17.9 Å². The Morgan fingerprint density at radius 1 is 1.21 bits per heavy atom. The van der Waals surface area contributed by atoms with Gasteiger partial charge >= 0.3 is 5.97 Å². The fourth-order valence-corrected chi connectivity index (χ4v) is 5.21. The van der Waals surface area contributed by atoms with Gasteiger partial charge in [-0.1, -0.05) is 19.9 Å². The second-order valence-corrected chi connectivity index (χ2v) is 10.1. The van der Waals surface area contributed by atoms with Gasteiger partial charge in [-0.15, -0.1) is 0 Å². The Morgan fingerprint density at radius 3 is 2.68 bits per heavy atom. The number of anilines is 2. The summed E-state index contributed by atoms with van der Waals surface area (Å²) in [5.74, 6) is 0.912. The van der Waals surface area contributed by atoms with Crippen LogP contribution in [-0.4, -0.2) is 85.9 Å². The van der Waals surface area contributed by atoms with E-state index in [0.29, 0.717) is 37.5 Å². The highest BCUT2D eigenvalue weighted by Crippen LogP contribution is 2.23. The quantitative estimate of drug-likeness (QED) is 0.549. The normalized spacial score (nSPS) is 20.0. The van der Waals surface area contributed by atoms with Crippen LogP contribution in [0.5, 0.6) is 0 Å². The smallest absolute Gasteiger partial charge is 0.326 e. The van der Waals surface area contributed by atoms with Crippen molar-refractivity contribution in [1.29, 1.82) is 0 Å². The molecule has 2 atom stereocenters. The number of hydrogen-bond donors (Lipinski definition) is 2. The molecular formula is C23H33N7O3S. The van der Waals surface area contributed by atoms with Gasteiger partial charge in [-0.05, 0) is 37.3 Å². The van der Waals surface area contributed by atoms with E-state index in [4.69, 9.17) is 0 Å². The van der Waals surface area contributed by atoms with E-state index in [1.807, 2.05) is 24.4 Å². The summed E-state index contributed by atoms with van der Waals surface area (Å²) in [5.41, 5.74) is 0. The SMILES string of the molecule is CC(C)C[C@H](Nc1nc(CN2CCN(c3ccccn3)CC2)ns1)C(=O)N1CCC[C@H]1C(=O)O. The summed E-state index contributed by atoms with van der Waals surface area (Å²) >= 11 is 1.25. The van der Waals surface area contributed by atoms with Crippen LogP contribution in [0.4, 0.5) is 10.9 Å². The molecule has 2 aromatic rings. The number of hydrogen-bond acceptors (Lipinski definition) is 9. The molecule has 2 aliphatic heterocycles. The molecule has 2 N–H and O–H groups in total. The van der Waals surface area contributed by atoms with Crippen molar-refractivity contribution in [2.45, 2.75) is 51.7 Å². The van der Waals surface area contributed by atoms with Crippen LogP contribution in [0.2, 0.25) is 0 Å². The summed E-state index contributed by atoms with van der Waals surface area (Å²) in [7, 11) is 0. The van der Waals surface area contributed by atoms with E-state index >= 15 is 0 Å². The third kappa shape index (κ3) is 6.01. The number of likely N-dealkylation sites (tertiary alicyclic amines) is 1. The van der Waals surface area contributed by atoms with E-state index in [-0.39, 0.29) is 11.8 Å². The molecule has 4 rings (SSSR count). The molecule has 34 heavy (non-hydrogen) atoms. The Bertz CT molecular complexity index is 962. The van der Waals surface area contributed by atoms with Crippen LogP contribution in [0, 0.1) is 5.92 Å². The van der Waals surface area contributed by atoms with Crippen molar-refractivity contribution in [1.82, 2.24) is 24.1 Å². The first kappa shape index (κ1) is 24.3. The average Bonchev–Trinajstić information content (AvgIpc) is 3.49. The highest BCUT2D eigenvalue weighted by molar-refractivity contribution is 7.09. The van der Waals surface area contributed by atoms with Gasteiger partial charge in [0.25, 0.3) is 0 Å². The lowest BCUT2D eigenvalue weighted by molar-refractivity contribution is -0.148. The number of piperazine rings is 1. The number of carboxylic acids is 1. The minimum Gasteiger partial charge on any atom is -0.480 e. The monoisotopic (exact) mass is 487 g/mol. The number of rotatable bonds is 9. The number of amides is 1. The fraction of sp³-hybridized carbons (Fsp3) is 0.609. The molecule has 2 saturated heterocycles. The summed E-state index contributed by atoms with van der Waals surface area (Å²) in [4.78, 5) is 40.0. The number of aliphatic carboxylic acids is 1. The Balaban J connectivity index is 1.34. The molecule has 0 radical (unpaired) electrons. The predicted molar refractivity (Wildman–Crippen MR) is 131 cm³/mol. The van der Waals surface area contributed by atoms with Crippen LogP contribution < -0.4 is 10.2 Å². The first-order chi connectivity index (χ1) is 16.4. The number of carbonyl (C=O) groups is 2. The molecule has 0 aliphatic carbocycles. The van der Waals surface area contributed by atoms with E-state index in [1.165, 1.54) is 16.4 Å². The van der Waals surface area contributed by atoms with Gasteiger partial charge in [-0.3, -0.25) is 9.69 Å². The van der Waals surface area contributed by atoms with Crippen LogP contribution in [0.3, 0.4) is 0 Å². The largest absolute Gasteiger partial charge is 0.480 e. The van der Waals surface area contributed by atoms with Crippen LogP contribution in [0.1, 0.15) is 38.9 Å². The number of nitrogens with zero attached hydrogens (tertiary/aromatic N) is 6. The third-order valence-electron chi connectivity index (χ3n) is 6.30. The minimum atomic E-state index is -0.935. The summed E-state index contributed by atoms with van der Waals surface area (Å²) in [6.45, 7) is 8.85. The molecule has 2 aliphatic rings. The Labute approximate surface area is 204 Å². The molecule has 11 heteroatoms. The van der Waals surface area contributed by atoms with Gasteiger partial charge in [0.2, 0.25) is 11.0 Å². The number of carboxylic acid groups (broad SMARTS) is 1. The number of nitrogens with one attached hydrogen (secondary N) is 1. The van der Waals surface area contributed by atoms with E-state index in [0.717, 1.165) is 37.8 Å². The third-order valence-corrected chi connectivity index (χ3v) is 6.99. The lowest BCUT2D eigenvalue weighted by Crippen LogP contribution is -2.48. The highest BCUT2D eigenvalue weighted by Gasteiger charge is 2.37. The van der Waals surface area contributed by atoms with Crippen molar-refractivity contribution in [3.05, 3.63) is 30.2 Å². The number of aromatic nitrogens is 3. The second kappa shape index (κ2) is 11.1. The Hall–Kier alpha value is -2.79. The van der Waals surface area contributed by atoms with Crippen molar-refractivity contribution in [2.75, 3.05) is 42.9 Å². The van der Waals surface area contributed by atoms with Crippen LogP contribution in [0.15, 0.2) is 24.4 Å². The molecule has 4 heterocycles. The summed E-state index contributed by atoms with van der Waals surface area (Å²) in [6.07, 6.45) is 3.64. The zero-order chi connectivity index (χ0) is 24.1. The van der Waals surface area contributed by atoms with Gasteiger partial charge in [0.05, 0.1) is 6.54 Å². The first-order valence-electron chi connectivity index (χ1n) is 11.9. The number of carbonyl (C=O) groups excluding carboxylic acids is 1. The van der Waals surface area contributed by atoms with Crippen LogP contribution >= 0.6 is 11.5 Å². The van der Waals surface area contributed by atoms with Crippen LogP contribution in [0.25, 0.3) is 0 Å². The van der Waals surface area contributed by atoms with Gasteiger partial charge in [-0.25, -0.2) is 14.8 Å². The van der Waals surface area contributed by atoms with Crippen molar-refractivity contribution >= 4 is 34.4 Å². The molecule has 0 saturated carbocycles. The van der Waals surface area contributed by atoms with Gasteiger partial charge in [-0.2, -0.15) is 4.37 Å². The molecule has 10 nitrogen and oxygen atoms in total. The Morgan fingerprint density at radius 2 is 2.00 bits per heavy atom. The summed E-state index contributed by atoms with van der Waals surface area (Å²) in [5, 5.41) is 13.3. The van der Waals surface area contributed by atoms with E-state index < -0.39 is 18.1 Å². The summed E-state index contributed by atoms with van der Waals surface area (Å²) in [6, 6.07) is 4.71. The maximum atomic E-state index is 13.2. The van der Waals surface area contributed by atoms with Crippen molar-refractivity contribution in [3.63, 3.8) is 0 Å². The minimum absolute atomic E-state index is 0.166. The maximum Gasteiger partial charge on any atom is 0.326 e. The van der Waals surface area contributed by atoms with Gasteiger partial charge in [0, 0.05) is 50.5 Å². The molecule has 2 fully saturated rings. The topological polar surface area (TPSA) is 115 Å². The van der Waals surface area contributed by atoms with Gasteiger partial charge in [0.15, 0.2) is 5.82 Å². The zero-order valence-electron chi connectivity index (χ0n) is 19.8. The first-order valence-corrected chi connectivity index (χ1v) is 12.7. The van der Waals surface area contributed by atoms with E-state index in [1.54, 1.807) is 0 Å². The lowest BCUT2D eigenvalue weighted by Gasteiger charge is -2.34. The summed E-state index contributed by atoms with van der Waals surface area (Å²) < 4.78 is 4.50. The van der Waals surface area contributed by atoms with Crippen molar-refractivity contribution < 1.29 is 14.7 Å². The zero-order valence-corrected chi connectivity index (χ0v) is 20.6. The van der Waals surface area contributed by atoms with Gasteiger partial charge < -0.3 is 20.2 Å². The standard InChI is InChI=1S/C23H33N7O3S/c1-16(2)14-17(21(31)30-9-5-6-18(30)22(32)33)25-23-26-19(27-34-23)15-28-10-12-29(13-11-28)20-7-3-4-8-24-20/h3-4,7-8,16-18H,5-6,9-15H2,1-2H3,(H,32,33)(H,25,26,27)/t17-,18-/m0/s1. The molecule has 0 unspecified atom stereocenters. The molecule has 1 amide bonds. The molecule has 0 bridgehead atoms. The van der Waals surface area contributed by atoms with E-state index in [2.05, 4.69) is 43.3 Å². The molecule has 184 valence electrons. The predicted octanol–water partition coefficient (Wildman–Crippen LogP) is 2.16. The van der Waals surface area contributed by atoms with Crippen molar-refractivity contribution in [2.24, 2.45) is 5.92 Å². The lowest BCUT2D eigenvalue weighted by atomic mass is 10.0. The van der Waals surface area contributed by atoms with Crippen molar-refractivity contribution in [3.8, 4) is 0 Å². The molecule has 0 aromatic carbocycles. The van der Waals surface area contributed by atoms with Crippen LogP contribution in [-0.2, 0) is 16.1 Å². The Kier molecular flexibility index (Phi) is 7.94. The molecular weight excluding hydrogens is 454 g/mol. The fourth-order valence-electron chi connectivity index (χ4n) is 4.58. The average molecular weight is 488 g/mol. The molecule has 0 spiro atoms. The highest BCUT2D eigenvalue weighted by atomic mass is 32.1. The second-order valence-electron chi connectivity index (χ2n) is 9.32. The maximum absolute atomic E-state index is 13.2. The number of pyridine rings is 1. The molecule has 2 aromatic heterocycles. The van der Waals surface area contributed by atoms with E-state index in [9.17, 15) is 14.7 Å².